The maximum Gasteiger partial charge on any atom is 0.0869 e. The Morgan fingerprint density at radius 1 is 1.56 bits per heavy atom. The Morgan fingerprint density at radius 3 is 2.88 bits per heavy atom. The fraction of sp³-hybridized carbons (Fsp3) is 0.917. The Balaban J connectivity index is 2.41. The van der Waals surface area contributed by atoms with Crippen molar-refractivity contribution in [1.82, 2.24) is 9.80 Å². The predicted molar refractivity (Wildman–Crippen MR) is 64.2 cm³/mol. The van der Waals surface area contributed by atoms with E-state index >= 15 is 0 Å². The van der Waals surface area contributed by atoms with E-state index < -0.39 is 0 Å². The Morgan fingerprint density at radius 2 is 2.31 bits per heavy atom. The molecule has 0 aromatic heterocycles. The number of hydrogen-bond donors (Lipinski definition) is 0. The van der Waals surface area contributed by atoms with Crippen LogP contribution < -0.4 is 0 Å². The van der Waals surface area contributed by atoms with E-state index in [2.05, 4.69) is 36.6 Å². The zero-order chi connectivity index (χ0) is 12.0. The Labute approximate surface area is 98.8 Å². The summed E-state index contributed by atoms with van der Waals surface area (Å²) in [5.41, 5.74) is 0. The van der Waals surface area contributed by atoms with Crippen LogP contribution in [0.5, 0.6) is 0 Å². The molecule has 1 saturated heterocycles. The van der Waals surface area contributed by atoms with Gasteiger partial charge >= 0.3 is 0 Å². The monoisotopic (exact) mass is 225 g/mol. The first-order valence-corrected chi connectivity index (χ1v) is 6.12. The van der Waals surface area contributed by atoms with Gasteiger partial charge < -0.3 is 4.74 Å². The van der Waals surface area contributed by atoms with E-state index in [0.29, 0.717) is 12.6 Å². The number of ether oxygens (including phenoxy) is 1. The minimum absolute atomic E-state index is 0.254. The lowest BCUT2D eigenvalue weighted by Crippen LogP contribution is -2.48. The average molecular weight is 225 g/mol. The number of rotatable bonds is 5. The van der Waals surface area contributed by atoms with Crippen LogP contribution in [0.3, 0.4) is 0 Å². The molecule has 1 atom stereocenters. The Kier molecular flexibility index (Phi) is 5.75. The second-order valence-corrected chi connectivity index (χ2v) is 4.57. The van der Waals surface area contributed by atoms with Gasteiger partial charge in [-0.15, -0.1) is 0 Å². The molecule has 1 aliphatic heterocycles. The molecule has 0 aliphatic carbocycles. The highest BCUT2D eigenvalue weighted by Gasteiger charge is 2.22. The van der Waals surface area contributed by atoms with Gasteiger partial charge in [0.05, 0.1) is 25.3 Å². The molecule has 0 radical (unpaired) electrons. The highest BCUT2D eigenvalue weighted by molar-refractivity contribution is 4.82. The van der Waals surface area contributed by atoms with Gasteiger partial charge in [0.15, 0.2) is 0 Å². The highest BCUT2D eigenvalue weighted by atomic mass is 16.5. The lowest BCUT2D eigenvalue weighted by Gasteiger charge is -2.35. The fourth-order valence-electron chi connectivity index (χ4n) is 1.99. The molecule has 0 amide bonds. The second-order valence-electron chi connectivity index (χ2n) is 4.57. The molecule has 0 aromatic carbocycles. The van der Waals surface area contributed by atoms with Crippen molar-refractivity contribution in [2.45, 2.75) is 32.9 Å². The third kappa shape index (κ3) is 4.09. The van der Waals surface area contributed by atoms with E-state index in [1.54, 1.807) is 0 Å². The van der Waals surface area contributed by atoms with Crippen LogP contribution in [0.15, 0.2) is 0 Å². The van der Waals surface area contributed by atoms with Crippen molar-refractivity contribution in [3.8, 4) is 6.07 Å². The number of nitriles is 1. The molecule has 1 fully saturated rings. The summed E-state index contributed by atoms with van der Waals surface area (Å²) in [5, 5.41) is 8.77. The molecule has 4 nitrogen and oxygen atoms in total. The quantitative estimate of drug-likeness (QED) is 0.653. The van der Waals surface area contributed by atoms with Crippen LogP contribution in [0.2, 0.25) is 0 Å². The van der Waals surface area contributed by atoms with E-state index in [-0.39, 0.29) is 6.10 Å². The molecule has 1 aliphatic rings. The predicted octanol–water partition coefficient (Wildman–Crippen LogP) is 0.941. The fourth-order valence-corrected chi connectivity index (χ4v) is 1.99. The molecule has 0 saturated carbocycles. The Hall–Kier alpha value is -0.630. The van der Waals surface area contributed by atoms with Crippen LogP contribution in [-0.4, -0.2) is 61.3 Å². The summed E-state index contributed by atoms with van der Waals surface area (Å²) in [6.07, 6.45) is 0.254. The molecule has 4 heteroatoms. The third-order valence-corrected chi connectivity index (χ3v) is 3.11. The van der Waals surface area contributed by atoms with Crippen LogP contribution in [-0.2, 0) is 4.74 Å². The van der Waals surface area contributed by atoms with Gasteiger partial charge in [0, 0.05) is 25.7 Å². The van der Waals surface area contributed by atoms with Gasteiger partial charge in [0.25, 0.3) is 0 Å². The van der Waals surface area contributed by atoms with Crippen molar-refractivity contribution in [3.63, 3.8) is 0 Å². The van der Waals surface area contributed by atoms with Crippen LogP contribution in [0, 0.1) is 11.3 Å². The van der Waals surface area contributed by atoms with Crippen LogP contribution in [0.25, 0.3) is 0 Å². The van der Waals surface area contributed by atoms with Crippen molar-refractivity contribution >= 4 is 0 Å². The first-order chi connectivity index (χ1) is 7.67. The molecular weight excluding hydrogens is 202 g/mol. The lowest BCUT2D eigenvalue weighted by molar-refractivity contribution is -0.0437. The van der Waals surface area contributed by atoms with Gasteiger partial charge in [-0.2, -0.15) is 5.26 Å². The molecule has 1 heterocycles. The van der Waals surface area contributed by atoms with E-state index in [9.17, 15) is 0 Å². The first-order valence-electron chi connectivity index (χ1n) is 6.12. The van der Waals surface area contributed by atoms with Crippen LogP contribution >= 0.6 is 0 Å². The SMILES string of the molecule is CCN1CCOC(CN(CC#N)C(C)C)C1. The van der Waals surface area contributed by atoms with Crippen molar-refractivity contribution in [2.75, 3.05) is 39.3 Å². The molecule has 0 N–H and O–H groups in total. The maximum atomic E-state index is 8.77. The maximum absolute atomic E-state index is 8.77. The first kappa shape index (κ1) is 13.4. The molecule has 92 valence electrons. The summed E-state index contributed by atoms with van der Waals surface area (Å²) in [6.45, 7) is 11.7. The van der Waals surface area contributed by atoms with E-state index in [1.165, 1.54) is 0 Å². The van der Waals surface area contributed by atoms with Crippen molar-refractivity contribution in [3.05, 3.63) is 0 Å². The van der Waals surface area contributed by atoms with Crippen molar-refractivity contribution in [2.24, 2.45) is 0 Å². The van der Waals surface area contributed by atoms with Gasteiger partial charge in [-0.1, -0.05) is 6.92 Å². The van der Waals surface area contributed by atoms with E-state index in [4.69, 9.17) is 10.00 Å². The summed E-state index contributed by atoms with van der Waals surface area (Å²) >= 11 is 0. The standard InChI is InChI=1S/C12H23N3O/c1-4-14-7-8-16-12(9-14)10-15(6-5-13)11(2)3/h11-12H,4,6-10H2,1-3H3. The second kappa shape index (κ2) is 6.85. The van der Waals surface area contributed by atoms with E-state index in [0.717, 1.165) is 32.8 Å². The van der Waals surface area contributed by atoms with Crippen LogP contribution in [0.1, 0.15) is 20.8 Å². The zero-order valence-corrected chi connectivity index (χ0v) is 10.6. The van der Waals surface area contributed by atoms with Gasteiger partial charge in [0.2, 0.25) is 0 Å². The lowest BCUT2D eigenvalue weighted by atomic mass is 10.2. The van der Waals surface area contributed by atoms with Gasteiger partial charge in [0.1, 0.15) is 0 Å². The summed E-state index contributed by atoms with van der Waals surface area (Å²) in [7, 11) is 0. The Bertz CT molecular complexity index is 237. The molecule has 0 aromatic rings. The van der Waals surface area contributed by atoms with Gasteiger partial charge in [-0.3, -0.25) is 9.80 Å². The molecular formula is C12H23N3O. The van der Waals surface area contributed by atoms with Crippen molar-refractivity contribution < 1.29 is 4.74 Å². The van der Waals surface area contributed by atoms with Gasteiger partial charge in [-0.25, -0.2) is 0 Å². The molecule has 1 unspecified atom stereocenters. The summed E-state index contributed by atoms with van der Waals surface area (Å²) in [6, 6.07) is 2.62. The summed E-state index contributed by atoms with van der Waals surface area (Å²) in [5.74, 6) is 0. The average Bonchev–Trinajstić information content (AvgIpc) is 2.28. The number of nitrogens with zero attached hydrogens (tertiary/aromatic N) is 3. The minimum atomic E-state index is 0.254. The summed E-state index contributed by atoms with van der Waals surface area (Å²) in [4.78, 5) is 4.57. The van der Waals surface area contributed by atoms with Crippen LogP contribution in [0.4, 0.5) is 0 Å². The number of hydrogen-bond acceptors (Lipinski definition) is 4. The highest BCUT2D eigenvalue weighted by Crippen LogP contribution is 2.08. The zero-order valence-electron chi connectivity index (χ0n) is 10.6. The van der Waals surface area contributed by atoms with Crippen molar-refractivity contribution in [1.29, 1.82) is 5.26 Å². The smallest absolute Gasteiger partial charge is 0.0869 e. The number of likely N-dealkylation sites (N-methyl/N-ethyl adjacent to an activating group) is 1. The molecule has 1 rings (SSSR count). The topological polar surface area (TPSA) is 39.5 Å². The van der Waals surface area contributed by atoms with E-state index in [1.807, 2.05) is 0 Å². The number of morpholine rings is 1. The normalized spacial score (nSPS) is 22.6. The minimum Gasteiger partial charge on any atom is -0.374 e. The summed E-state index contributed by atoms with van der Waals surface area (Å²) < 4.78 is 5.74. The molecule has 16 heavy (non-hydrogen) atoms. The molecule has 0 bridgehead atoms. The van der Waals surface area contributed by atoms with Gasteiger partial charge in [-0.05, 0) is 20.4 Å². The third-order valence-electron chi connectivity index (χ3n) is 3.11. The molecule has 0 spiro atoms. The largest absolute Gasteiger partial charge is 0.374 e.